The van der Waals surface area contributed by atoms with Gasteiger partial charge in [-0.3, -0.25) is 4.99 Å². The normalized spacial score (nSPS) is 23.7. The van der Waals surface area contributed by atoms with Crippen LogP contribution in [0.15, 0.2) is 4.99 Å². The molecule has 1 aliphatic carbocycles. The van der Waals surface area contributed by atoms with Gasteiger partial charge < -0.3 is 15.7 Å². The third-order valence-corrected chi connectivity index (χ3v) is 3.27. The van der Waals surface area contributed by atoms with Gasteiger partial charge in [0.1, 0.15) is 0 Å². The van der Waals surface area contributed by atoms with E-state index in [-0.39, 0.29) is 17.0 Å². The highest BCUT2D eigenvalue weighted by molar-refractivity contribution is 8.93. The standard InChI is InChI=1S/C11H21N3O.BrH/c15-11(5-1-2-6-11)9-14-10-12-7-3-4-8-13-10;/h15H,1-9H2,(H2,12,13,14);1H. The van der Waals surface area contributed by atoms with Crippen LogP contribution >= 0.6 is 17.0 Å². The van der Waals surface area contributed by atoms with Gasteiger partial charge in [-0.2, -0.15) is 0 Å². The monoisotopic (exact) mass is 291 g/mol. The van der Waals surface area contributed by atoms with Crippen LogP contribution in [-0.4, -0.2) is 36.3 Å². The van der Waals surface area contributed by atoms with Gasteiger partial charge in [0.15, 0.2) is 5.96 Å². The molecule has 0 bridgehead atoms. The van der Waals surface area contributed by atoms with E-state index in [1.165, 1.54) is 6.42 Å². The van der Waals surface area contributed by atoms with Gasteiger partial charge in [0.05, 0.1) is 5.60 Å². The number of guanidine groups is 1. The molecule has 0 radical (unpaired) electrons. The molecule has 0 saturated heterocycles. The Kier molecular flexibility index (Phi) is 5.55. The first kappa shape index (κ1) is 13.8. The molecule has 1 saturated carbocycles. The minimum Gasteiger partial charge on any atom is -0.388 e. The van der Waals surface area contributed by atoms with Gasteiger partial charge in [0, 0.05) is 19.6 Å². The van der Waals surface area contributed by atoms with Gasteiger partial charge in [-0.1, -0.05) is 12.8 Å². The smallest absolute Gasteiger partial charge is 0.191 e. The van der Waals surface area contributed by atoms with Crippen LogP contribution in [0, 0.1) is 0 Å². The Morgan fingerprint density at radius 1 is 1.25 bits per heavy atom. The van der Waals surface area contributed by atoms with E-state index in [4.69, 9.17) is 0 Å². The van der Waals surface area contributed by atoms with Crippen LogP contribution in [0.3, 0.4) is 0 Å². The average Bonchev–Trinajstić information content (AvgIpc) is 2.53. The van der Waals surface area contributed by atoms with E-state index in [1.54, 1.807) is 0 Å². The highest BCUT2D eigenvalue weighted by Crippen LogP contribution is 2.28. The van der Waals surface area contributed by atoms with Crippen LogP contribution in [-0.2, 0) is 0 Å². The summed E-state index contributed by atoms with van der Waals surface area (Å²) >= 11 is 0. The van der Waals surface area contributed by atoms with Gasteiger partial charge in [-0.15, -0.1) is 17.0 Å². The Bertz CT molecular complexity index is 239. The Hall–Kier alpha value is -0.290. The van der Waals surface area contributed by atoms with Crippen LogP contribution < -0.4 is 10.6 Å². The minimum absolute atomic E-state index is 0. The molecule has 2 aliphatic rings. The third kappa shape index (κ3) is 3.94. The molecule has 0 atom stereocenters. The number of rotatable bonds is 2. The molecule has 0 aromatic carbocycles. The maximum absolute atomic E-state index is 10.1. The van der Waals surface area contributed by atoms with Crippen LogP contribution in [0.2, 0.25) is 0 Å². The number of aliphatic hydroxyl groups is 1. The molecule has 0 unspecified atom stereocenters. The number of hydrogen-bond donors (Lipinski definition) is 3. The van der Waals surface area contributed by atoms with Crippen molar-refractivity contribution in [2.45, 2.75) is 44.1 Å². The zero-order valence-electron chi connectivity index (χ0n) is 9.67. The zero-order valence-corrected chi connectivity index (χ0v) is 11.4. The lowest BCUT2D eigenvalue weighted by molar-refractivity contribution is 0.0522. The summed E-state index contributed by atoms with van der Waals surface area (Å²) in [5.41, 5.74) is -0.490. The predicted molar refractivity (Wildman–Crippen MR) is 71.3 cm³/mol. The largest absolute Gasteiger partial charge is 0.388 e. The van der Waals surface area contributed by atoms with Crippen molar-refractivity contribution in [3.8, 4) is 0 Å². The summed E-state index contributed by atoms with van der Waals surface area (Å²) in [7, 11) is 0. The van der Waals surface area contributed by atoms with E-state index in [9.17, 15) is 5.11 Å². The molecule has 5 heteroatoms. The minimum atomic E-state index is -0.490. The Morgan fingerprint density at radius 2 is 2.00 bits per heavy atom. The van der Waals surface area contributed by atoms with Crippen LogP contribution in [0.5, 0.6) is 0 Å². The molecule has 1 fully saturated rings. The summed E-state index contributed by atoms with van der Waals surface area (Å²) < 4.78 is 0. The van der Waals surface area contributed by atoms with Crippen molar-refractivity contribution in [1.29, 1.82) is 0 Å². The molecule has 0 spiro atoms. The zero-order chi connectivity index (χ0) is 10.6. The van der Waals surface area contributed by atoms with Gasteiger partial charge in [0.2, 0.25) is 0 Å². The molecule has 0 amide bonds. The Labute approximate surface area is 108 Å². The molecular formula is C11H22BrN3O. The van der Waals surface area contributed by atoms with Gasteiger partial charge >= 0.3 is 0 Å². The second-order valence-corrected chi connectivity index (χ2v) is 4.65. The average molecular weight is 292 g/mol. The Balaban J connectivity index is 0.00000128. The Morgan fingerprint density at radius 3 is 2.75 bits per heavy atom. The summed E-state index contributed by atoms with van der Waals surface area (Å²) in [5, 5.41) is 16.6. The lowest BCUT2D eigenvalue weighted by Crippen LogP contribution is -2.45. The lowest BCUT2D eigenvalue weighted by Gasteiger charge is -2.23. The van der Waals surface area contributed by atoms with Crippen LogP contribution in [0.1, 0.15) is 38.5 Å². The molecule has 16 heavy (non-hydrogen) atoms. The van der Waals surface area contributed by atoms with E-state index in [2.05, 4.69) is 15.6 Å². The highest BCUT2D eigenvalue weighted by Gasteiger charge is 2.30. The fourth-order valence-corrected chi connectivity index (χ4v) is 2.27. The summed E-state index contributed by atoms with van der Waals surface area (Å²) in [6.07, 6.45) is 6.48. The van der Waals surface area contributed by atoms with Crippen molar-refractivity contribution in [1.82, 2.24) is 10.6 Å². The summed E-state index contributed by atoms with van der Waals surface area (Å²) in [5.74, 6) is 0.868. The summed E-state index contributed by atoms with van der Waals surface area (Å²) in [6, 6.07) is 0. The molecule has 0 aromatic rings. The van der Waals surface area contributed by atoms with E-state index >= 15 is 0 Å². The fraction of sp³-hybridized carbons (Fsp3) is 0.909. The molecule has 94 valence electrons. The predicted octanol–water partition coefficient (Wildman–Crippen LogP) is 1.20. The van der Waals surface area contributed by atoms with Crippen molar-refractivity contribution >= 4 is 22.9 Å². The molecule has 1 aliphatic heterocycles. The maximum Gasteiger partial charge on any atom is 0.191 e. The molecule has 1 heterocycles. The quantitative estimate of drug-likeness (QED) is 0.717. The van der Waals surface area contributed by atoms with E-state index in [1.807, 2.05) is 0 Å². The second kappa shape index (κ2) is 6.45. The molecule has 3 N–H and O–H groups in total. The SMILES string of the molecule is Br.OC1(CNC2=NCCCCN2)CCCC1. The van der Waals surface area contributed by atoms with Crippen molar-refractivity contribution in [2.24, 2.45) is 4.99 Å². The first-order valence-corrected chi connectivity index (χ1v) is 6.03. The van der Waals surface area contributed by atoms with E-state index in [0.29, 0.717) is 6.54 Å². The van der Waals surface area contributed by atoms with Crippen LogP contribution in [0.25, 0.3) is 0 Å². The topological polar surface area (TPSA) is 56.6 Å². The summed E-state index contributed by atoms with van der Waals surface area (Å²) in [6.45, 7) is 2.52. The van der Waals surface area contributed by atoms with Gasteiger partial charge in [-0.05, 0) is 25.7 Å². The molecule has 0 aromatic heterocycles. The van der Waals surface area contributed by atoms with Crippen molar-refractivity contribution in [3.63, 3.8) is 0 Å². The van der Waals surface area contributed by atoms with Crippen molar-refractivity contribution < 1.29 is 5.11 Å². The number of aliphatic imine (C=N–C) groups is 1. The number of halogens is 1. The molecule has 2 rings (SSSR count). The van der Waals surface area contributed by atoms with Gasteiger partial charge in [0.25, 0.3) is 0 Å². The first-order chi connectivity index (χ1) is 7.29. The third-order valence-electron chi connectivity index (χ3n) is 3.27. The fourth-order valence-electron chi connectivity index (χ4n) is 2.27. The number of nitrogens with zero attached hydrogens (tertiary/aromatic N) is 1. The van der Waals surface area contributed by atoms with Crippen molar-refractivity contribution in [3.05, 3.63) is 0 Å². The van der Waals surface area contributed by atoms with Gasteiger partial charge in [-0.25, -0.2) is 0 Å². The molecular weight excluding hydrogens is 270 g/mol. The van der Waals surface area contributed by atoms with Crippen molar-refractivity contribution in [2.75, 3.05) is 19.6 Å². The number of nitrogens with one attached hydrogen (secondary N) is 2. The van der Waals surface area contributed by atoms with E-state index < -0.39 is 5.60 Å². The maximum atomic E-state index is 10.1. The number of hydrogen-bond acceptors (Lipinski definition) is 4. The molecule has 4 nitrogen and oxygen atoms in total. The lowest BCUT2D eigenvalue weighted by atomic mass is 10.0. The van der Waals surface area contributed by atoms with Crippen LogP contribution in [0.4, 0.5) is 0 Å². The first-order valence-electron chi connectivity index (χ1n) is 6.03. The highest BCUT2D eigenvalue weighted by atomic mass is 79.9. The van der Waals surface area contributed by atoms with E-state index in [0.717, 1.165) is 51.2 Å². The summed E-state index contributed by atoms with van der Waals surface area (Å²) in [4.78, 5) is 4.40. The second-order valence-electron chi connectivity index (χ2n) is 4.65.